The summed E-state index contributed by atoms with van der Waals surface area (Å²) in [6.07, 6.45) is 3.58. The zero-order chi connectivity index (χ0) is 18.6. The Morgan fingerprint density at radius 1 is 1.19 bits per heavy atom. The van der Waals surface area contributed by atoms with Crippen molar-refractivity contribution in [1.29, 1.82) is 0 Å². The van der Waals surface area contributed by atoms with Crippen LogP contribution in [0.15, 0.2) is 48.8 Å². The minimum Gasteiger partial charge on any atom is -0.486 e. The molecule has 0 aliphatic carbocycles. The molecule has 0 radical (unpaired) electrons. The van der Waals surface area contributed by atoms with E-state index in [-0.39, 0.29) is 18.1 Å². The Kier molecular flexibility index (Phi) is 5.36. The summed E-state index contributed by atoms with van der Waals surface area (Å²) in [5.74, 6) is 1.01. The highest BCUT2D eigenvalue weighted by molar-refractivity contribution is 5.84. The molecule has 2 saturated heterocycles. The van der Waals surface area contributed by atoms with Gasteiger partial charge in [-0.05, 0) is 30.2 Å². The predicted molar refractivity (Wildman–Crippen MR) is 102 cm³/mol. The standard InChI is InChI=1S/C21H25N3O3/c1-16-5-2-3-7-19(16)27-18-14-24(15-18)21(25)20(17-6-4-8-22-13-17)23-9-11-26-12-10-23/h2-8,13,18,20H,9-12,14-15H2,1H3/t20-/m1/s1. The molecule has 0 N–H and O–H groups in total. The number of amides is 1. The minimum absolute atomic E-state index is 0.0503. The highest BCUT2D eigenvalue weighted by atomic mass is 16.5. The number of benzene rings is 1. The summed E-state index contributed by atoms with van der Waals surface area (Å²) in [5, 5.41) is 0. The van der Waals surface area contributed by atoms with Crippen molar-refractivity contribution in [1.82, 2.24) is 14.8 Å². The Bertz CT molecular complexity index is 771. The van der Waals surface area contributed by atoms with Crippen molar-refractivity contribution < 1.29 is 14.3 Å². The fraction of sp³-hybridized carbons (Fsp3) is 0.429. The van der Waals surface area contributed by atoms with Crippen molar-refractivity contribution in [3.05, 3.63) is 59.9 Å². The molecular weight excluding hydrogens is 342 g/mol. The Labute approximate surface area is 159 Å². The molecule has 0 unspecified atom stereocenters. The average Bonchev–Trinajstić information content (AvgIpc) is 2.67. The van der Waals surface area contributed by atoms with Crippen LogP contribution in [0.3, 0.4) is 0 Å². The van der Waals surface area contributed by atoms with Gasteiger partial charge in [-0.25, -0.2) is 0 Å². The van der Waals surface area contributed by atoms with Gasteiger partial charge in [-0.3, -0.25) is 14.7 Å². The van der Waals surface area contributed by atoms with Gasteiger partial charge in [0.1, 0.15) is 17.9 Å². The maximum absolute atomic E-state index is 13.3. The SMILES string of the molecule is Cc1ccccc1OC1CN(C(=O)[C@@H](c2cccnc2)N2CCOCC2)C1. The summed E-state index contributed by atoms with van der Waals surface area (Å²) in [7, 11) is 0. The first-order chi connectivity index (χ1) is 13.2. The predicted octanol–water partition coefficient (Wildman–Crippen LogP) is 2.05. The molecule has 2 fully saturated rings. The zero-order valence-corrected chi connectivity index (χ0v) is 15.6. The van der Waals surface area contributed by atoms with Gasteiger partial charge < -0.3 is 14.4 Å². The summed E-state index contributed by atoms with van der Waals surface area (Å²) >= 11 is 0. The molecule has 3 heterocycles. The number of ether oxygens (including phenoxy) is 2. The van der Waals surface area contributed by atoms with Gasteiger partial charge in [-0.1, -0.05) is 24.3 Å². The molecule has 6 nitrogen and oxygen atoms in total. The van der Waals surface area contributed by atoms with Gasteiger partial charge in [-0.2, -0.15) is 0 Å². The first kappa shape index (κ1) is 17.9. The third-order valence-corrected chi connectivity index (χ3v) is 5.19. The second-order valence-corrected chi connectivity index (χ2v) is 7.09. The van der Waals surface area contributed by atoms with Crippen LogP contribution in [0.5, 0.6) is 5.75 Å². The van der Waals surface area contributed by atoms with E-state index in [4.69, 9.17) is 9.47 Å². The maximum Gasteiger partial charge on any atom is 0.244 e. The number of para-hydroxylation sites is 1. The van der Waals surface area contributed by atoms with Crippen LogP contribution in [0.25, 0.3) is 0 Å². The molecule has 1 aromatic heterocycles. The van der Waals surface area contributed by atoms with Crippen LogP contribution in [-0.4, -0.2) is 66.2 Å². The number of carbonyl (C=O) groups excluding carboxylic acids is 1. The molecule has 0 spiro atoms. The fourth-order valence-corrected chi connectivity index (χ4v) is 3.62. The van der Waals surface area contributed by atoms with Crippen LogP contribution in [-0.2, 0) is 9.53 Å². The topological polar surface area (TPSA) is 54.9 Å². The zero-order valence-electron chi connectivity index (χ0n) is 15.6. The molecule has 1 aromatic carbocycles. The first-order valence-electron chi connectivity index (χ1n) is 9.45. The third-order valence-electron chi connectivity index (χ3n) is 5.19. The Hall–Kier alpha value is -2.44. The van der Waals surface area contributed by atoms with E-state index in [0.29, 0.717) is 26.3 Å². The molecule has 2 aromatic rings. The molecule has 1 amide bonds. The van der Waals surface area contributed by atoms with E-state index in [1.54, 1.807) is 12.4 Å². The molecular formula is C21H25N3O3. The normalized spacial score (nSPS) is 19.4. The van der Waals surface area contributed by atoms with Crippen LogP contribution < -0.4 is 4.74 Å². The average molecular weight is 367 g/mol. The van der Waals surface area contributed by atoms with E-state index in [2.05, 4.69) is 9.88 Å². The molecule has 2 aliphatic rings. The van der Waals surface area contributed by atoms with Crippen molar-refractivity contribution >= 4 is 5.91 Å². The second kappa shape index (κ2) is 8.06. The molecule has 2 aliphatic heterocycles. The van der Waals surface area contributed by atoms with Crippen LogP contribution >= 0.6 is 0 Å². The van der Waals surface area contributed by atoms with E-state index in [9.17, 15) is 4.79 Å². The lowest BCUT2D eigenvalue weighted by atomic mass is 10.0. The van der Waals surface area contributed by atoms with Crippen molar-refractivity contribution in [2.75, 3.05) is 39.4 Å². The van der Waals surface area contributed by atoms with Crippen LogP contribution in [0.4, 0.5) is 0 Å². The Morgan fingerprint density at radius 3 is 2.67 bits per heavy atom. The van der Waals surface area contributed by atoms with Crippen molar-refractivity contribution in [3.63, 3.8) is 0 Å². The Morgan fingerprint density at radius 2 is 1.96 bits per heavy atom. The molecule has 27 heavy (non-hydrogen) atoms. The Balaban J connectivity index is 1.43. The summed E-state index contributed by atoms with van der Waals surface area (Å²) in [5.41, 5.74) is 2.05. The molecule has 0 bridgehead atoms. The summed E-state index contributed by atoms with van der Waals surface area (Å²) in [6, 6.07) is 11.5. The summed E-state index contributed by atoms with van der Waals surface area (Å²) in [4.78, 5) is 21.5. The molecule has 4 rings (SSSR count). The third kappa shape index (κ3) is 3.96. The van der Waals surface area contributed by atoms with E-state index >= 15 is 0 Å². The van der Waals surface area contributed by atoms with E-state index in [1.807, 2.05) is 48.2 Å². The lowest BCUT2D eigenvalue weighted by Crippen LogP contribution is -2.59. The van der Waals surface area contributed by atoms with Crippen molar-refractivity contribution in [3.8, 4) is 5.75 Å². The van der Waals surface area contributed by atoms with Gasteiger partial charge in [-0.15, -0.1) is 0 Å². The lowest BCUT2D eigenvalue weighted by molar-refractivity contribution is -0.148. The number of likely N-dealkylation sites (tertiary alicyclic amines) is 1. The molecule has 0 saturated carbocycles. The van der Waals surface area contributed by atoms with Crippen LogP contribution in [0.2, 0.25) is 0 Å². The number of pyridine rings is 1. The monoisotopic (exact) mass is 367 g/mol. The number of hydrogen-bond acceptors (Lipinski definition) is 5. The number of rotatable bonds is 5. The number of nitrogens with zero attached hydrogens (tertiary/aromatic N) is 3. The van der Waals surface area contributed by atoms with Gasteiger partial charge in [0.05, 0.1) is 26.3 Å². The second-order valence-electron chi connectivity index (χ2n) is 7.09. The molecule has 6 heteroatoms. The van der Waals surface area contributed by atoms with Gasteiger partial charge >= 0.3 is 0 Å². The van der Waals surface area contributed by atoms with Gasteiger partial charge in [0.2, 0.25) is 5.91 Å². The smallest absolute Gasteiger partial charge is 0.244 e. The van der Waals surface area contributed by atoms with E-state index < -0.39 is 0 Å². The van der Waals surface area contributed by atoms with Gasteiger partial charge in [0.15, 0.2) is 0 Å². The van der Waals surface area contributed by atoms with Crippen molar-refractivity contribution in [2.24, 2.45) is 0 Å². The highest BCUT2D eigenvalue weighted by Gasteiger charge is 2.39. The van der Waals surface area contributed by atoms with E-state index in [1.165, 1.54) is 0 Å². The largest absolute Gasteiger partial charge is 0.486 e. The fourth-order valence-electron chi connectivity index (χ4n) is 3.62. The number of carbonyl (C=O) groups is 1. The lowest BCUT2D eigenvalue weighted by Gasteiger charge is -2.43. The number of aryl methyl sites for hydroxylation is 1. The van der Waals surface area contributed by atoms with Crippen LogP contribution in [0, 0.1) is 6.92 Å². The molecule has 142 valence electrons. The summed E-state index contributed by atoms with van der Waals surface area (Å²) in [6.45, 7) is 6.09. The summed E-state index contributed by atoms with van der Waals surface area (Å²) < 4.78 is 11.5. The highest BCUT2D eigenvalue weighted by Crippen LogP contribution is 2.28. The van der Waals surface area contributed by atoms with Gasteiger partial charge in [0.25, 0.3) is 0 Å². The number of aromatic nitrogens is 1. The number of hydrogen-bond donors (Lipinski definition) is 0. The number of morpholine rings is 1. The van der Waals surface area contributed by atoms with Crippen molar-refractivity contribution in [2.45, 2.75) is 19.1 Å². The molecule has 1 atom stereocenters. The minimum atomic E-state index is -0.304. The van der Waals surface area contributed by atoms with Gasteiger partial charge in [0, 0.05) is 25.5 Å². The first-order valence-corrected chi connectivity index (χ1v) is 9.45. The quantitative estimate of drug-likeness (QED) is 0.810. The maximum atomic E-state index is 13.3. The van der Waals surface area contributed by atoms with E-state index in [0.717, 1.165) is 30.0 Å². The van der Waals surface area contributed by atoms with Crippen LogP contribution in [0.1, 0.15) is 17.2 Å².